The van der Waals surface area contributed by atoms with Gasteiger partial charge >= 0.3 is 11.9 Å². The van der Waals surface area contributed by atoms with Crippen LogP contribution in [0.2, 0.25) is 0 Å². The highest BCUT2D eigenvalue weighted by Gasteiger charge is 2.44. The van der Waals surface area contributed by atoms with E-state index in [4.69, 9.17) is 18.9 Å². The van der Waals surface area contributed by atoms with E-state index in [1.54, 1.807) is 7.11 Å². The van der Waals surface area contributed by atoms with Gasteiger partial charge in [-0.3, -0.25) is 9.59 Å². The van der Waals surface area contributed by atoms with Gasteiger partial charge in [-0.25, -0.2) is 0 Å². The molecule has 0 saturated carbocycles. The molecular weight excluding hydrogens is 272 g/mol. The van der Waals surface area contributed by atoms with Gasteiger partial charge in [-0.15, -0.1) is 12.6 Å². The van der Waals surface area contributed by atoms with Crippen molar-refractivity contribution in [3.63, 3.8) is 0 Å². The largest absolute Gasteiger partial charge is 0.463 e. The van der Waals surface area contributed by atoms with Gasteiger partial charge in [-0.2, -0.15) is 0 Å². The maximum absolute atomic E-state index is 11.2. The molecule has 0 aromatic rings. The van der Waals surface area contributed by atoms with E-state index in [9.17, 15) is 9.59 Å². The molecule has 7 heteroatoms. The zero-order chi connectivity index (χ0) is 14.6. The number of hydrogen-bond acceptors (Lipinski definition) is 7. The smallest absolute Gasteiger partial charge is 0.303 e. The molecule has 6 nitrogen and oxygen atoms in total. The van der Waals surface area contributed by atoms with Crippen molar-refractivity contribution in [3.05, 3.63) is 0 Å². The summed E-state index contributed by atoms with van der Waals surface area (Å²) >= 11 is 4.30. The van der Waals surface area contributed by atoms with E-state index in [0.717, 1.165) is 0 Å². The summed E-state index contributed by atoms with van der Waals surface area (Å²) in [6.07, 6.45) is -1.39. The zero-order valence-corrected chi connectivity index (χ0v) is 12.4. The summed E-state index contributed by atoms with van der Waals surface area (Å²) in [7, 11) is 1.55. The second-order valence-electron chi connectivity index (χ2n) is 4.50. The Hall–Kier alpha value is -0.790. The Labute approximate surface area is 118 Å². The van der Waals surface area contributed by atoms with Crippen LogP contribution in [-0.4, -0.2) is 49.4 Å². The van der Waals surface area contributed by atoms with Gasteiger partial charge in [0.05, 0.1) is 6.10 Å². The van der Waals surface area contributed by atoms with E-state index in [1.165, 1.54) is 13.8 Å². The van der Waals surface area contributed by atoms with Crippen LogP contribution in [0.5, 0.6) is 0 Å². The quantitative estimate of drug-likeness (QED) is 0.610. The number of esters is 2. The van der Waals surface area contributed by atoms with Gasteiger partial charge < -0.3 is 18.9 Å². The van der Waals surface area contributed by atoms with E-state index in [1.807, 2.05) is 6.92 Å². The summed E-state index contributed by atoms with van der Waals surface area (Å²) in [5, 5.41) is 0. The summed E-state index contributed by atoms with van der Waals surface area (Å²) in [4.78, 5) is 22.0. The average molecular weight is 292 g/mol. The van der Waals surface area contributed by atoms with Gasteiger partial charge in [0.15, 0.2) is 0 Å². The van der Waals surface area contributed by atoms with Gasteiger partial charge in [0.1, 0.15) is 24.3 Å². The number of rotatable bonds is 4. The molecule has 1 heterocycles. The van der Waals surface area contributed by atoms with E-state index < -0.39 is 29.6 Å². The first kappa shape index (κ1) is 16.3. The van der Waals surface area contributed by atoms with Crippen molar-refractivity contribution in [2.75, 3.05) is 13.7 Å². The standard InChI is InChI=1S/C12H20O6S/c1-6-10(17-8(3)14)9(5-16-7(2)13)18-12(19)11(6)15-4/h6,9-12,19H,5H2,1-4H3/t6?,9?,10-,11?,12-/m1/s1. The van der Waals surface area contributed by atoms with E-state index in [0.29, 0.717) is 0 Å². The molecule has 0 aromatic heterocycles. The van der Waals surface area contributed by atoms with Crippen LogP contribution in [0.15, 0.2) is 0 Å². The Morgan fingerprint density at radius 3 is 2.32 bits per heavy atom. The van der Waals surface area contributed by atoms with Crippen LogP contribution < -0.4 is 0 Å². The van der Waals surface area contributed by atoms with Crippen molar-refractivity contribution in [2.45, 2.75) is 44.5 Å². The first-order valence-corrected chi connectivity index (χ1v) is 6.55. The summed E-state index contributed by atoms with van der Waals surface area (Å²) in [6, 6.07) is 0. The van der Waals surface area contributed by atoms with E-state index in [2.05, 4.69) is 12.6 Å². The van der Waals surface area contributed by atoms with Gasteiger partial charge in [0, 0.05) is 26.9 Å². The van der Waals surface area contributed by atoms with Crippen LogP contribution in [-0.2, 0) is 28.5 Å². The predicted octanol–water partition coefficient (Wildman–Crippen LogP) is 0.787. The molecule has 1 aliphatic heterocycles. The number of hydrogen-bond donors (Lipinski definition) is 1. The zero-order valence-electron chi connectivity index (χ0n) is 11.5. The molecular formula is C12H20O6S. The predicted molar refractivity (Wildman–Crippen MR) is 69.8 cm³/mol. The van der Waals surface area contributed by atoms with Crippen molar-refractivity contribution in [2.24, 2.45) is 5.92 Å². The lowest BCUT2D eigenvalue weighted by atomic mass is 9.91. The van der Waals surface area contributed by atoms with Gasteiger partial charge in [-0.05, 0) is 0 Å². The van der Waals surface area contributed by atoms with Crippen LogP contribution in [0.25, 0.3) is 0 Å². The lowest BCUT2D eigenvalue weighted by molar-refractivity contribution is -0.207. The second kappa shape index (κ2) is 7.12. The Kier molecular flexibility index (Phi) is 6.09. The minimum atomic E-state index is -0.545. The third-order valence-electron chi connectivity index (χ3n) is 3.02. The summed E-state index contributed by atoms with van der Waals surface area (Å²) in [5.74, 6) is -0.950. The van der Waals surface area contributed by atoms with Crippen molar-refractivity contribution in [3.8, 4) is 0 Å². The summed E-state index contributed by atoms with van der Waals surface area (Å²) in [5.41, 5.74) is -0.465. The fourth-order valence-electron chi connectivity index (χ4n) is 2.16. The lowest BCUT2D eigenvalue weighted by Gasteiger charge is -2.42. The topological polar surface area (TPSA) is 71.1 Å². The third-order valence-corrected chi connectivity index (χ3v) is 3.44. The Morgan fingerprint density at radius 1 is 1.21 bits per heavy atom. The minimum Gasteiger partial charge on any atom is -0.463 e. The third kappa shape index (κ3) is 4.36. The molecule has 0 bridgehead atoms. The Morgan fingerprint density at radius 2 is 1.84 bits per heavy atom. The molecule has 1 saturated heterocycles. The molecule has 19 heavy (non-hydrogen) atoms. The molecule has 0 spiro atoms. The number of ether oxygens (including phenoxy) is 4. The minimum absolute atomic E-state index is 0.0190. The molecule has 0 N–H and O–H groups in total. The van der Waals surface area contributed by atoms with E-state index in [-0.39, 0.29) is 18.6 Å². The molecule has 1 aliphatic rings. The number of carbonyl (C=O) groups excluding carboxylic acids is 2. The molecule has 0 radical (unpaired) electrons. The number of carbonyl (C=O) groups is 2. The summed E-state index contributed by atoms with van der Waals surface area (Å²) in [6.45, 7) is 4.53. The second-order valence-corrected chi connectivity index (χ2v) is 5.01. The fourth-order valence-corrected chi connectivity index (χ4v) is 2.71. The summed E-state index contributed by atoms with van der Waals surface area (Å²) < 4.78 is 21.1. The van der Waals surface area contributed by atoms with Crippen LogP contribution in [0.1, 0.15) is 20.8 Å². The molecule has 1 rings (SSSR count). The molecule has 110 valence electrons. The van der Waals surface area contributed by atoms with Crippen molar-refractivity contribution >= 4 is 24.6 Å². The van der Waals surface area contributed by atoms with Gasteiger partial charge in [0.2, 0.25) is 0 Å². The van der Waals surface area contributed by atoms with Crippen molar-refractivity contribution in [1.82, 2.24) is 0 Å². The maximum Gasteiger partial charge on any atom is 0.303 e. The van der Waals surface area contributed by atoms with E-state index >= 15 is 0 Å². The van der Waals surface area contributed by atoms with Crippen LogP contribution in [0.3, 0.4) is 0 Å². The molecule has 0 aromatic carbocycles. The first-order valence-electron chi connectivity index (χ1n) is 6.03. The van der Waals surface area contributed by atoms with Gasteiger partial charge in [0.25, 0.3) is 0 Å². The highest BCUT2D eigenvalue weighted by atomic mass is 32.1. The number of thiol groups is 1. The SMILES string of the molecule is COC1C(C)[C@@H](OC(C)=O)C(COC(C)=O)O[C@@H]1S. The average Bonchev–Trinajstić information content (AvgIpc) is 2.30. The fraction of sp³-hybridized carbons (Fsp3) is 0.833. The highest BCUT2D eigenvalue weighted by molar-refractivity contribution is 7.80. The normalized spacial score (nSPS) is 34.7. The lowest BCUT2D eigenvalue weighted by Crippen LogP contribution is -2.55. The molecule has 1 fully saturated rings. The number of methoxy groups -OCH3 is 1. The molecule has 0 amide bonds. The molecule has 5 atom stereocenters. The Balaban J connectivity index is 2.80. The first-order chi connectivity index (χ1) is 8.86. The van der Waals surface area contributed by atoms with Crippen LogP contribution in [0.4, 0.5) is 0 Å². The monoisotopic (exact) mass is 292 g/mol. The van der Waals surface area contributed by atoms with Crippen molar-refractivity contribution < 1.29 is 28.5 Å². The van der Waals surface area contributed by atoms with Gasteiger partial charge in [-0.1, -0.05) is 6.92 Å². The highest BCUT2D eigenvalue weighted by Crippen LogP contribution is 2.31. The molecule has 3 unspecified atom stereocenters. The molecule has 0 aliphatic carbocycles. The maximum atomic E-state index is 11.2. The van der Waals surface area contributed by atoms with Crippen LogP contribution in [0, 0.1) is 5.92 Å². The van der Waals surface area contributed by atoms with Crippen molar-refractivity contribution in [1.29, 1.82) is 0 Å². The Bertz CT molecular complexity index is 334. The van der Waals surface area contributed by atoms with Crippen LogP contribution >= 0.6 is 12.6 Å².